The molecular formula is C10H17N3O. The van der Waals surface area contributed by atoms with Crippen LogP contribution in [0.1, 0.15) is 12.6 Å². The molecule has 4 nitrogen and oxygen atoms in total. The first kappa shape index (κ1) is 10.8. The maximum Gasteiger partial charge on any atom is 0.234 e. The molecule has 0 aromatic carbocycles. The summed E-state index contributed by atoms with van der Waals surface area (Å²) in [7, 11) is 1.96. The Morgan fingerprint density at radius 3 is 2.93 bits per heavy atom. The Morgan fingerprint density at radius 2 is 2.36 bits per heavy atom. The van der Waals surface area contributed by atoms with Gasteiger partial charge >= 0.3 is 0 Å². The largest absolute Gasteiger partial charge is 0.353 e. The molecule has 0 radical (unpaired) electrons. The number of carbonyl (C=O) groups is 1. The molecule has 1 heterocycles. The van der Waals surface area contributed by atoms with Crippen molar-refractivity contribution in [1.82, 2.24) is 15.2 Å². The van der Waals surface area contributed by atoms with E-state index in [1.165, 1.54) is 0 Å². The fraction of sp³-hybridized carbons (Fsp3) is 0.500. The molecule has 1 aromatic heterocycles. The zero-order valence-corrected chi connectivity index (χ0v) is 8.71. The minimum atomic E-state index is 0.0352. The Balaban J connectivity index is 2.27. The highest BCUT2D eigenvalue weighted by Gasteiger charge is 2.01. The molecule has 14 heavy (non-hydrogen) atoms. The molecule has 4 heteroatoms. The molecule has 0 aliphatic rings. The van der Waals surface area contributed by atoms with Crippen LogP contribution in [0, 0.1) is 0 Å². The molecule has 0 aliphatic carbocycles. The van der Waals surface area contributed by atoms with Crippen molar-refractivity contribution in [3.8, 4) is 0 Å². The summed E-state index contributed by atoms with van der Waals surface area (Å²) in [5, 5.41) is 5.81. The third-order valence-electron chi connectivity index (χ3n) is 2.05. The number of rotatable bonds is 5. The molecule has 0 fully saturated rings. The molecule has 0 atom stereocenters. The van der Waals surface area contributed by atoms with Gasteiger partial charge in [0.2, 0.25) is 5.91 Å². The van der Waals surface area contributed by atoms with E-state index in [9.17, 15) is 4.79 Å². The van der Waals surface area contributed by atoms with Crippen LogP contribution in [0.25, 0.3) is 0 Å². The van der Waals surface area contributed by atoms with Gasteiger partial charge in [0.05, 0.1) is 13.1 Å². The summed E-state index contributed by atoms with van der Waals surface area (Å²) < 4.78 is 1.99. The average Bonchev–Trinajstić information content (AvgIpc) is 2.58. The average molecular weight is 195 g/mol. The molecule has 0 bridgehead atoms. The third kappa shape index (κ3) is 3.22. The normalized spacial score (nSPS) is 10.1. The van der Waals surface area contributed by atoms with E-state index in [0.717, 1.165) is 12.2 Å². The lowest BCUT2D eigenvalue weighted by molar-refractivity contribution is -0.120. The van der Waals surface area contributed by atoms with E-state index in [4.69, 9.17) is 0 Å². The molecule has 0 saturated heterocycles. The van der Waals surface area contributed by atoms with Crippen molar-refractivity contribution in [3.63, 3.8) is 0 Å². The van der Waals surface area contributed by atoms with Crippen molar-refractivity contribution in [3.05, 3.63) is 24.0 Å². The Labute approximate surface area is 84.3 Å². The second-order valence-corrected chi connectivity index (χ2v) is 3.17. The third-order valence-corrected chi connectivity index (χ3v) is 2.05. The van der Waals surface area contributed by atoms with Gasteiger partial charge in [-0.2, -0.15) is 0 Å². The van der Waals surface area contributed by atoms with Gasteiger partial charge < -0.3 is 15.2 Å². The van der Waals surface area contributed by atoms with Crippen LogP contribution in [-0.2, 0) is 18.4 Å². The SMILES string of the molecule is CCNCC(=O)NCc1cccn1C. The summed E-state index contributed by atoms with van der Waals surface area (Å²) in [6, 6.07) is 3.96. The van der Waals surface area contributed by atoms with E-state index < -0.39 is 0 Å². The second kappa shape index (κ2) is 5.44. The van der Waals surface area contributed by atoms with Gasteiger partial charge in [-0.3, -0.25) is 4.79 Å². The summed E-state index contributed by atoms with van der Waals surface area (Å²) in [4.78, 5) is 11.2. The fourth-order valence-corrected chi connectivity index (χ4v) is 1.17. The monoisotopic (exact) mass is 195 g/mol. The number of amides is 1. The number of aromatic nitrogens is 1. The Morgan fingerprint density at radius 1 is 1.57 bits per heavy atom. The molecule has 1 aromatic rings. The fourth-order valence-electron chi connectivity index (χ4n) is 1.17. The van der Waals surface area contributed by atoms with Crippen LogP contribution < -0.4 is 10.6 Å². The van der Waals surface area contributed by atoms with Crippen molar-refractivity contribution in [2.75, 3.05) is 13.1 Å². The zero-order valence-electron chi connectivity index (χ0n) is 8.71. The van der Waals surface area contributed by atoms with Gasteiger partial charge in [-0.15, -0.1) is 0 Å². The quantitative estimate of drug-likeness (QED) is 0.707. The minimum absolute atomic E-state index is 0.0352. The molecule has 0 saturated carbocycles. The number of aryl methyl sites for hydroxylation is 1. The molecule has 0 spiro atoms. The van der Waals surface area contributed by atoms with Crippen molar-refractivity contribution < 1.29 is 4.79 Å². The van der Waals surface area contributed by atoms with E-state index >= 15 is 0 Å². The summed E-state index contributed by atoms with van der Waals surface area (Å²) in [5.74, 6) is 0.0352. The zero-order chi connectivity index (χ0) is 10.4. The first-order chi connectivity index (χ1) is 6.74. The topological polar surface area (TPSA) is 46.1 Å². The van der Waals surface area contributed by atoms with E-state index in [0.29, 0.717) is 13.1 Å². The summed E-state index contributed by atoms with van der Waals surface area (Å²) in [6.07, 6.45) is 1.96. The molecule has 1 rings (SSSR count). The van der Waals surface area contributed by atoms with Gasteiger partial charge in [-0.25, -0.2) is 0 Å². The van der Waals surface area contributed by atoms with Crippen molar-refractivity contribution in [1.29, 1.82) is 0 Å². The van der Waals surface area contributed by atoms with E-state index in [2.05, 4.69) is 10.6 Å². The summed E-state index contributed by atoms with van der Waals surface area (Å²) in [5.41, 5.74) is 1.11. The van der Waals surface area contributed by atoms with Crippen LogP contribution >= 0.6 is 0 Å². The number of likely N-dealkylation sites (N-methyl/N-ethyl adjacent to an activating group) is 1. The van der Waals surface area contributed by atoms with Crippen LogP contribution in [0.4, 0.5) is 0 Å². The maximum absolute atomic E-state index is 11.2. The Hall–Kier alpha value is -1.29. The standard InChI is InChI=1S/C10H17N3O/c1-3-11-8-10(14)12-7-9-5-4-6-13(9)2/h4-6,11H,3,7-8H2,1-2H3,(H,12,14). The number of carbonyl (C=O) groups excluding carboxylic acids is 1. The summed E-state index contributed by atoms with van der Waals surface area (Å²) in [6.45, 7) is 3.77. The smallest absolute Gasteiger partial charge is 0.234 e. The van der Waals surface area contributed by atoms with Crippen LogP contribution in [0.15, 0.2) is 18.3 Å². The lowest BCUT2D eigenvalue weighted by atomic mass is 10.4. The molecule has 0 aliphatic heterocycles. The predicted octanol–water partition coefficient (Wildman–Crippen LogP) is 0.251. The van der Waals surface area contributed by atoms with Gasteiger partial charge in [-0.1, -0.05) is 6.92 Å². The van der Waals surface area contributed by atoms with Crippen molar-refractivity contribution >= 4 is 5.91 Å². The minimum Gasteiger partial charge on any atom is -0.353 e. The number of nitrogens with one attached hydrogen (secondary N) is 2. The van der Waals surface area contributed by atoms with E-state index in [1.54, 1.807) is 0 Å². The van der Waals surface area contributed by atoms with Gasteiger partial charge in [0, 0.05) is 18.9 Å². The summed E-state index contributed by atoms with van der Waals surface area (Å²) >= 11 is 0. The van der Waals surface area contributed by atoms with E-state index in [-0.39, 0.29) is 5.91 Å². The van der Waals surface area contributed by atoms with Crippen molar-refractivity contribution in [2.45, 2.75) is 13.5 Å². The van der Waals surface area contributed by atoms with Crippen molar-refractivity contribution in [2.24, 2.45) is 7.05 Å². The highest BCUT2D eigenvalue weighted by atomic mass is 16.1. The first-order valence-corrected chi connectivity index (χ1v) is 4.81. The van der Waals surface area contributed by atoms with Gasteiger partial charge in [0.15, 0.2) is 0 Å². The van der Waals surface area contributed by atoms with Gasteiger partial charge in [-0.05, 0) is 18.7 Å². The molecule has 0 unspecified atom stereocenters. The van der Waals surface area contributed by atoms with Crippen LogP contribution in [0.3, 0.4) is 0 Å². The van der Waals surface area contributed by atoms with Gasteiger partial charge in [0.1, 0.15) is 0 Å². The van der Waals surface area contributed by atoms with Gasteiger partial charge in [0.25, 0.3) is 0 Å². The van der Waals surface area contributed by atoms with E-state index in [1.807, 2.05) is 36.9 Å². The number of nitrogens with zero attached hydrogens (tertiary/aromatic N) is 1. The second-order valence-electron chi connectivity index (χ2n) is 3.17. The molecule has 1 amide bonds. The maximum atomic E-state index is 11.2. The first-order valence-electron chi connectivity index (χ1n) is 4.81. The number of hydrogen-bond acceptors (Lipinski definition) is 2. The number of hydrogen-bond donors (Lipinski definition) is 2. The molecular weight excluding hydrogens is 178 g/mol. The lowest BCUT2D eigenvalue weighted by Crippen LogP contribution is -2.33. The van der Waals surface area contributed by atoms with Crippen LogP contribution in [0.2, 0.25) is 0 Å². The van der Waals surface area contributed by atoms with Crippen LogP contribution in [-0.4, -0.2) is 23.6 Å². The molecule has 78 valence electrons. The molecule has 2 N–H and O–H groups in total. The Bertz CT molecular complexity index is 293. The lowest BCUT2D eigenvalue weighted by Gasteiger charge is -2.06. The predicted molar refractivity (Wildman–Crippen MR) is 55.8 cm³/mol. The highest BCUT2D eigenvalue weighted by Crippen LogP contribution is 1.97. The van der Waals surface area contributed by atoms with Crippen LogP contribution in [0.5, 0.6) is 0 Å². The Kier molecular flexibility index (Phi) is 4.19. The highest BCUT2D eigenvalue weighted by molar-refractivity contribution is 5.77.